The Kier molecular flexibility index (Phi) is 3.07. The van der Waals surface area contributed by atoms with E-state index < -0.39 is 11.8 Å². The van der Waals surface area contributed by atoms with Crippen LogP contribution in [0.2, 0.25) is 0 Å². The zero-order valence-electron chi connectivity index (χ0n) is 8.01. The van der Waals surface area contributed by atoms with E-state index in [1.165, 1.54) is 0 Å². The van der Waals surface area contributed by atoms with Crippen LogP contribution in [0.1, 0.15) is 33.1 Å². The van der Waals surface area contributed by atoms with E-state index in [0.29, 0.717) is 17.9 Å². The third-order valence-electron chi connectivity index (χ3n) is 2.73. The fraction of sp³-hybridized carbons (Fsp3) is 0.700. The minimum atomic E-state index is -1.42. The van der Waals surface area contributed by atoms with Gasteiger partial charge in [0, 0.05) is 0 Å². The highest BCUT2D eigenvalue weighted by molar-refractivity contribution is 5.85. The van der Waals surface area contributed by atoms with Crippen LogP contribution in [0.5, 0.6) is 0 Å². The van der Waals surface area contributed by atoms with Crippen molar-refractivity contribution in [3.63, 3.8) is 0 Å². The van der Waals surface area contributed by atoms with Gasteiger partial charge in [0.2, 0.25) is 5.83 Å². The number of hydrogen-bond donors (Lipinski definition) is 1. The maximum Gasteiger partial charge on any atom is 0.364 e. The second-order valence-corrected chi connectivity index (χ2v) is 3.93. The van der Waals surface area contributed by atoms with Crippen molar-refractivity contribution in [3.8, 4) is 0 Å². The van der Waals surface area contributed by atoms with Crippen LogP contribution < -0.4 is 0 Å². The van der Waals surface area contributed by atoms with Crippen molar-refractivity contribution in [2.24, 2.45) is 11.8 Å². The Morgan fingerprint density at radius 1 is 1.46 bits per heavy atom. The minimum absolute atomic E-state index is 0.0901. The molecular weight excluding hydrogens is 171 g/mol. The van der Waals surface area contributed by atoms with Crippen molar-refractivity contribution >= 4 is 5.97 Å². The van der Waals surface area contributed by atoms with E-state index in [0.717, 1.165) is 12.8 Å². The summed E-state index contributed by atoms with van der Waals surface area (Å²) in [6.45, 7) is 3.92. The lowest BCUT2D eigenvalue weighted by Gasteiger charge is -2.26. The van der Waals surface area contributed by atoms with Gasteiger partial charge in [0.05, 0.1) is 0 Å². The first-order chi connectivity index (χ1) is 6.02. The van der Waals surface area contributed by atoms with Crippen LogP contribution in [0.15, 0.2) is 11.4 Å². The lowest BCUT2D eigenvalue weighted by molar-refractivity contribution is -0.134. The van der Waals surface area contributed by atoms with E-state index in [1.807, 2.05) is 13.8 Å². The summed E-state index contributed by atoms with van der Waals surface area (Å²) in [5.41, 5.74) is 0.492. The molecule has 0 heterocycles. The number of halogens is 1. The van der Waals surface area contributed by atoms with E-state index in [1.54, 1.807) is 0 Å². The number of hydrogen-bond acceptors (Lipinski definition) is 1. The van der Waals surface area contributed by atoms with Crippen LogP contribution >= 0.6 is 0 Å². The summed E-state index contributed by atoms with van der Waals surface area (Å²) in [4.78, 5) is 10.4. The van der Waals surface area contributed by atoms with Gasteiger partial charge in [-0.2, -0.15) is 4.39 Å². The van der Waals surface area contributed by atoms with Crippen LogP contribution in [0.4, 0.5) is 4.39 Å². The fourth-order valence-electron chi connectivity index (χ4n) is 1.83. The molecule has 2 atom stereocenters. The van der Waals surface area contributed by atoms with Crippen molar-refractivity contribution in [1.29, 1.82) is 0 Å². The number of rotatable bonds is 1. The summed E-state index contributed by atoms with van der Waals surface area (Å²) < 4.78 is 13.1. The molecule has 0 aliphatic heterocycles. The van der Waals surface area contributed by atoms with Gasteiger partial charge >= 0.3 is 5.97 Å². The standard InChI is InChI=1S/C10H15FO2/c1-6-3-4-7(2)8(5-6)9(11)10(12)13/h6-7H,3-5H2,1-2H3,(H,12,13). The molecule has 0 radical (unpaired) electrons. The first-order valence-electron chi connectivity index (χ1n) is 4.64. The van der Waals surface area contributed by atoms with E-state index in [2.05, 4.69) is 0 Å². The molecule has 1 aliphatic carbocycles. The Hall–Kier alpha value is -0.860. The van der Waals surface area contributed by atoms with Gasteiger partial charge in [-0.25, -0.2) is 4.79 Å². The molecule has 1 N–H and O–H groups in total. The highest BCUT2D eigenvalue weighted by atomic mass is 19.1. The van der Waals surface area contributed by atoms with Gasteiger partial charge in [-0.05, 0) is 36.7 Å². The van der Waals surface area contributed by atoms with Gasteiger partial charge in [-0.15, -0.1) is 0 Å². The molecule has 0 bridgehead atoms. The van der Waals surface area contributed by atoms with Gasteiger partial charge in [-0.3, -0.25) is 0 Å². The Balaban J connectivity index is 2.87. The van der Waals surface area contributed by atoms with Crippen molar-refractivity contribution in [3.05, 3.63) is 11.4 Å². The van der Waals surface area contributed by atoms with Gasteiger partial charge in [-0.1, -0.05) is 13.8 Å². The maximum absolute atomic E-state index is 13.1. The van der Waals surface area contributed by atoms with E-state index in [4.69, 9.17) is 5.11 Å². The normalized spacial score (nSPS) is 32.8. The summed E-state index contributed by atoms with van der Waals surface area (Å²) in [5, 5.41) is 8.51. The van der Waals surface area contributed by atoms with Crippen molar-refractivity contribution in [2.45, 2.75) is 33.1 Å². The topological polar surface area (TPSA) is 37.3 Å². The molecule has 1 saturated carbocycles. The van der Waals surface area contributed by atoms with E-state index in [9.17, 15) is 9.18 Å². The second kappa shape index (κ2) is 3.90. The van der Waals surface area contributed by atoms with Crippen LogP contribution in [-0.2, 0) is 4.79 Å². The van der Waals surface area contributed by atoms with Crippen LogP contribution in [0.3, 0.4) is 0 Å². The van der Waals surface area contributed by atoms with Crippen molar-refractivity contribution < 1.29 is 14.3 Å². The predicted octanol–water partition coefficient (Wildman–Crippen LogP) is 2.75. The average molecular weight is 186 g/mol. The van der Waals surface area contributed by atoms with Gasteiger partial charge in [0.1, 0.15) is 0 Å². The second-order valence-electron chi connectivity index (χ2n) is 3.93. The third kappa shape index (κ3) is 2.29. The summed E-state index contributed by atoms with van der Waals surface area (Å²) in [7, 11) is 0. The largest absolute Gasteiger partial charge is 0.476 e. The van der Waals surface area contributed by atoms with Crippen LogP contribution in [0, 0.1) is 11.8 Å². The zero-order valence-corrected chi connectivity index (χ0v) is 8.01. The van der Waals surface area contributed by atoms with Crippen LogP contribution in [0.25, 0.3) is 0 Å². The summed E-state index contributed by atoms with van der Waals surface area (Å²) in [5.74, 6) is -1.85. The monoisotopic (exact) mass is 186 g/mol. The molecule has 0 saturated heterocycles. The first-order valence-corrected chi connectivity index (χ1v) is 4.64. The molecular formula is C10H15FO2. The number of carboxylic acid groups (broad SMARTS) is 1. The number of carboxylic acids is 1. The fourth-order valence-corrected chi connectivity index (χ4v) is 1.83. The van der Waals surface area contributed by atoms with Crippen molar-refractivity contribution in [1.82, 2.24) is 0 Å². The molecule has 1 rings (SSSR count). The van der Waals surface area contributed by atoms with Gasteiger partial charge < -0.3 is 5.11 Å². The molecule has 0 aromatic rings. The van der Waals surface area contributed by atoms with Gasteiger partial charge in [0.15, 0.2) is 0 Å². The smallest absolute Gasteiger partial charge is 0.364 e. The molecule has 0 amide bonds. The minimum Gasteiger partial charge on any atom is -0.476 e. The Morgan fingerprint density at radius 2 is 2.08 bits per heavy atom. The van der Waals surface area contributed by atoms with Crippen molar-refractivity contribution in [2.75, 3.05) is 0 Å². The predicted molar refractivity (Wildman–Crippen MR) is 47.9 cm³/mol. The lowest BCUT2D eigenvalue weighted by atomic mass is 9.79. The summed E-state index contributed by atoms with van der Waals surface area (Å²) in [6, 6.07) is 0. The number of carbonyl (C=O) groups is 1. The molecule has 1 aliphatic rings. The highest BCUT2D eigenvalue weighted by Crippen LogP contribution is 2.35. The molecule has 2 nitrogen and oxygen atoms in total. The Morgan fingerprint density at radius 3 is 2.62 bits per heavy atom. The van der Waals surface area contributed by atoms with E-state index in [-0.39, 0.29) is 5.92 Å². The zero-order chi connectivity index (χ0) is 10.0. The molecule has 3 heteroatoms. The van der Waals surface area contributed by atoms with E-state index >= 15 is 0 Å². The number of aliphatic carboxylic acids is 1. The highest BCUT2D eigenvalue weighted by Gasteiger charge is 2.25. The Labute approximate surface area is 77.4 Å². The average Bonchev–Trinajstić information content (AvgIpc) is 2.08. The summed E-state index contributed by atoms with van der Waals surface area (Å²) >= 11 is 0. The maximum atomic E-state index is 13.1. The SMILES string of the molecule is CC1CCC(C)C(=C(F)C(=O)O)C1. The molecule has 0 aromatic heterocycles. The molecule has 2 unspecified atom stereocenters. The summed E-state index contributed by atoms with van der Waals surface area (Å²) in [6.07, 6.45) is 2.56. The molecule has 0 aromatic carbocycles. The third-order valence-corrected chi connectivity index (χ3v) is 2.73. The quantitative estimate of drug-likeness (QED) is 0.639. The molecule has 74 valence electrons. The first kappa shape index (κ1) is 10.2. The molecule has 0 spiro atoms. The number of allylic oxidation sites excluding steroid dienone is 1. The Bertz CT molecular complexity index is 245. The molecule has 13 heavy (non-hydrogen) atoms. The molecule has 1 fully saturated rings. The van der Waals surface area contributed by atoms with Crippen LogP contribution in [-0.4, -0.2) is 11.1 Å². The van der Waals surface area contributed by atoms with Gasteiger partial charge in [0.25, 0.3) is 0 Å². The lowest BCUT2D eigenvalue weighted by Crippen LogP contribution is -2.16.